The minimum absolute atomic E-state index is 0.144. The first-order valence-electron chi connectivity index (χ1n) is 2.95. The SMILES string of the molecule is Clc1nc(Cl)c2cc(Cl)sc2n1. The molecule has 0 aliphatic heterocycles. The van der Waals surface area contributed by atoms with Gasteiger partial charge in [0.15, 0.2) is 0 Å². The van der Waals surface area contributed by atoms with Gasteiger partial charge in [-0.1, -0.05) is 23.2 Å². The predicted molar refractivity (Wildman–Crippen MR) is 52.4 cm³/mol. The van der Waals surface area contributed by atoms with E-state index in [2.05, 4.69) is 9.97 Å². The third-order valence-corrected chi connectivity index (χ3v) is 2.90. The van der Waals surface area contributed by atoms with E-state index in [-0.39, 0.29) is 5.28 Å². The summed E-state index contributed by atoms with van der Waals surface area (Å²) in [5, 5.41) is 1.23. The van der Waals surface area contributed by atoms with Gasteiger partial charge < -0.3 is 0 Å². The number of nitrogens with zero attached hydrogens (tertiary/aromatic N) is 2. The van der Waals surface area contributed by atoms with Crippen LogP contribution in [0.4, 0.5) is 0 Å². The van der Waals surface area contributed by atoms with Gasteiger partial charge in [0.2, 0.25) is 5.28 Å². The minimum Gasteiger partial charge on any atom is -0.207 e. The lowest BCUT2D eigenvalue weighted by atomic mass is 10.4. The van der Waals surface area contributed by atoms with Gasteiger partial charge in [0.05, 0.1) is 9.72 Å². The monoisotopic (exact) mass is 238 g/mol. The van der Waals surface area contributed by atoms with Crippen molar-refractivity contribution in [1.82, 2.24) is 9.97 Å². The highest BCUT2D eigenvalue weighted by atomic mass is 35.5. The summed E-state index contributed by atoms with van der Waals surface area (Å²) in [7, 11) is 0. The quantitative estimate of drug-likeness (QED) is 0.518. The fraction of sp³-hybridized carbons (Fsp3) is 0. The van der Waals surface area contributed by atoms with Crippen LogP contribution in [0.2, 0.25) is 14.8 Å². The summed E-state index contributed by atoms with van der Waals surface area (Å²) in [4.78, 5) is 8.46. The first kappa shape index (κ1) is 8.51. The normalized spacial score (nSPS) is 10.9. The summed E-state index contributed by atoms with van der Waals surface area (Å²) in [6.45, 7) is 0. The van der Waals surface area contributed by atoms with Crippen LogP contribution in [-0.2, 0) is 0 Å². The molecule has 0 aliphatic carbocycles. The Morgan fingerprint density at radius 1 is 1.17 bits per heavy atom. The number of thiophene rings is 1. The molecule has 0 amide bonds. The van der Waals surface area contributed by atoms with Gasteiger partial charge >= 0.3 is 0 Å². The number of rotatable bonds is 0. The van der Waals surface area contributed by atoms with Gasteiger partial charge in [0.25, 0.3) is 0 Å². The molecule has 0 N–H and O–H groups in total. The molecule has 0 fully saturated rings. The predicted octanol–water partition coefficient (Wildman–Crippen LogP) is 3.65. The smallest absolute Gasteiger partial charge is 0.207 e. The molecular weight excluding hydrogens is 239 g/mol. The second-order valence-electron chi connectivity index (χ2n) is 2.05. The van der Waals surface area contributed by atoms with Crippen LogP contribution in [0.3, 0.4) is 0 Å². The lowest BCUT2D eigenvalue weighted by molar-refractivity contribution is 1.23. The topological polar surface area (TPSA) is 25.8 Å². The van der Waals surface area contributed by atoms with Gasteiger partial charge in [-0.3, -0.25) is 0 Å². The lowest BCUT2D eigenvalue weighted by Gasteiger charge is -1.91. The van der Waals surface area contributed by atoms with Crippen LogP contribution in [0.15, 0.2) is 6.07 Å². The highest BCUT2D eigenvalue weighted by Crippen LogP contribution is 2.32. The Bertz CT molecular complexity index is 440. The molecule has 0 bridgehead atoms. The molecular formula is C6HCl3N2S. The fourth-order valence-electron chi connectivity index (χ4n) is 0.833. The Balaban J connectivity index is 2.88. The van der Waals surface area contributed by atoms with Crippen molar-refractivity contribution in [3.63, 3.8) is 0 Å². The Hall–Kier alpha value is -0.0900. The first-order chi connectivity index (χ1) is 5.66. The number of halogens is 3. The standard InChI is InChI=1S/C6HCl3N2S/c7-3-1-2-4(8)10-6(9)11-5(2)12-3/h1H. The van der Waals surface area contributed by atoms with Crippen LogP contribution in [0, 0.1) is 0 Å². The average Bonchev–Trinajstić information content (AvgIpc) is 2.29. The van der Waals surface area contributed by atoms with E-state index in [0.717, 1.165) is 5.39 Å². The number of aromatic nitrogens is 2. The van der Waals surface area contributed by atoms with Crippen molar-refractivity contribution in [3.05, 3.63) is 20.8 Å². The highest BCUT2D eigenvalue weighted by Gasteiger charge is 2.07. The molecule has 2 rings (SSSR count). The molecule has 0 aliphatic rings. The molecule has 0 aromatic carbocycles. The van der Waals surface area contributed by atoms with Crippen LogP contribution in [0.25, 0.3) is 10.2 Å². The molecule has 0 unspecified atom stereocenters. The van der Waals surface area contributed by atoms with Crippen molar-refractivity contribution in [1.29, 1.82) is 0 Å². The third-order valence-electron chi connectivity index (χ3n) is 1.29. The molecule has 2 aromatic heterocycles. The van der Waals surface area contributed by atoms with Gasteiger partial charge in [-0.2, -0.15) is 0 Å². The molecule has 0 radical (unpaired) electrons. The zero-order valence-corrected chi connectivity index (χ0v) is 8.60. The van der Waals surface area contributed by atoms with E-state index in [0.29, 0.717) is 14.3 Å². The molecule has 6 heteroatoms. The summed E-state index contributed by atoms with van der Waals surface area (Å²) in [6.07, 6.45) is 0. The largest absolute Gasteiger partial charge is 0.225 e. The van der Waals surface area contributed by atoms with Gasteiger partial charge in [0.1, 0.15) is 9.98 Å². The van der Waals surface area contributed by atoms with Crippen molar-refractivity contribution >= 4 is 56.4 Å². The Kier molecular flexibility index (Phi) is 2.12. The molecule has 0 saturated carbocycles. The second-order valence-corrected chi connectivity index (χ2v) is 4.41. The molecule has 2 aromatic rings. The summed E-state index contributed by atoms with van der Waals surface area (Å²) >= 11 is 18.5. The second kappa shape index (κ2) is 3.00. The lowest BCUT2D eigenvalue weighted by Crippen LogP contribution is -1.81. The zero-order valence-electron chi connectivity index (χ0n) is 5.51. The molecule has 62 valence electrons. The Labute approximate surface area is 87.1 Å². The van der Waals surface area contributed by atoms with Crippen LogP contribution in [0.1, 0.15) is 0 Å². The molecule has 0 spiro atoms. The van der Waals surface area contributed by atoms with Crippen molar-refractivity contribution in [2.45, 2.75) is 0 Å². The Morgan fingerprint density at radius 3 is 2.67 bits per heavy atom. The first-order valence-corrected chi connectivity index (χ1v) is 4.90. The van der Waals surface area contributed by atoms with E-state index in [1.54, 1.807) is 6.07 Å². The van der Waals surface area contributed by atoms with Gasteiger partial charge in [0, 0.05) is 0 Å². The highest BCUT2D eigenvalue weighted by molar-refractivity contribution is 7.22. The maximum absolute atomic E-state index is 5.79. The van der Waals surface area contributed by atoms with E-state index in [9.17, 15) is 0 Å². The van der Waals surface area contributed by atoms with Crippen LogP contribution >= 0.6 is 46.1 Å². The summed E-state index contributed by atoms with van der Waals surface area (Å²) in [6, 6.07) is 1.72. The van der Waals surface area contributed by atoms with Crippen molar-refractivity contribution in [2.75, 3.05) is 0 Å². The Morgan fingerprint density at radius 2 is 1.92 bits per heavy atom. The average molecular weight is 240 g/mol. The summed E-state index contributed by atoms with van der Waals surface area (Å²) in [5.41, 5.74) is 0. The maximum Gasteiger partial charge on any atom is 0.225 e. The van der Waals surface area contributed by atoms with E-state index in [1.807, 2.05) is 0 Å². The molecule has 2 nitrogen and oxygen atoms in total. The molecule has 2 heterocycles. The molecule has 0 atom stereocenters. The van der Waals surface area contributed by atoms with Crippen LogP contribution in [-0.4, -0.2) is 9.97 Å². The summed E-state index contributed by atoms with van der Waals surface area (Å²) < 4.78 is 0.628. The number of fused-ring (bicyclic) bond motifs is 1. The number of hydrogen-bond acceptors (Lipinski definition) is 3. The van der Waals surface area contributed by atoms with Crippen molar-refractivity contribution in [3.8, 4) is 0 Å². The van der Waals surface area contributed by atoms with Crippen LogP contribution < -0.4 is 0 Å². The summed E-state index contributed by atoms with van der Waals surface area (Å²) in [5.74, 6) is 0. The maximum atomic E-state index is 5.79. The van der Waals surface area contributed by atoms with Crippen molar-refractivity contribution in [2.24, 2.45) is 0 Å². The van der Waals surface area contributed by atoms with Gasteiger partial charge in [-0.05, 0) is 17.7 Å². The third kappa shape index (κ3) is 1.38. The molecule has 0 saturated heterocycles. The van der Waals surface area contributed by atoms with E-state index < -0.39 is 0 Å². The van der Waals surface area contributed by atoms with Crippen LogP contribution in [0.5, 0.6) is 0 Å². The van der Waals surface area contributed by atoms with Gasteiger partial charge in [-0.15, -0.1) is 11.3 Å². The molecule has 12 heavy (non-hydrogen) atoms. The van der Waals surface area contributed by atoms with E-state index in [1.165, 1.54) is 11.3 Å². The zero-order chi connectivity index (χ0) is 8.72. The fourth-order valence-corrected chi connectivity index (χ4v) is 2.46. The van der Waals surface area contributed by atoms with Gasteiger partial charge in [-0.25, -0.2) is 9.97 Å². The van der Waals surface area contributed by atoms with E-state index >= 15 is 0 Å². The van der Waals surface area contributed by atoms with E-state index in [4.69, 9.17) is 34.8 Å². The van der Waals surface area contributed by atoms with Crippen molar-refractivity contribution < 1.29 is 0 Å². The minimum atomic E-state index is 0.144. The number of hydrogen-bond donors (Lipinski definition) is 0.